The van der Waals surface area contributed by atoms with Gasteiger partial charge in [0.15, 0.2) is 11.5 Å². The van der Waals surface area contributed by atoms with E-state index < -0.39 is 22.5 Å². The fourth-order valence-electron chi connectivity index (χ4n) is 3.15. The number of hydrogen-bond donors (Lipinski definition) is 1. The van der Waals surface area contributed by atoms with Gasteiger partial charge in [-0.2, -0.15) is 0 Å². The van der Waals surface area contributed by atoms with E-state index in [-0.39, 0.29) is 17.1 Å². The van der Waals surface area contributed by atoms with Gasteiger partial charge in [-0.15, -0.1) is 0 Å². The molecule has 1 N–H and O–H groups in total. The number of ether oxygens (including phenoxy) is 2. The van der Waals surface area contributed by atoms with Gasteiger partial charge in [-0.25, -0.2) is 8.42 Å². The lowest BCUT2D eigenvalue weighted by Gasteiger charge is -2.25. The summed E-state index contributed by atoms with van der Waals surface area (Å²) >= 11 is 6.15. The van der Waals surface area contributed by atoms with Crippen molar-refractivity contribution in [3.8, 4) is 11.5 Å². The molecule has 0 bridgehead atoms. The highest BCUT2D eigenvalue weighted by Crippen LogP contribution is 2.33. The van der Waals surface area contributed by atoms with Crippen molar-refractivity contribution in [1.29, 1.82) is 0 Å². The number of nitrogens with zero attached hydrogens (tertiary/aromatic N) is 1. The van der Waals surface area contributed by atoms with Gasteiger partial charge in [-0.3, -0.25) is 9.10 Å². The second-order valence-electron chi connectivity index (χ2n) is 7.23. The molecule has 0 saturated heterocycles. The summed E-state index contributed by atoms with van der Waals surface area (Å²) in [5.41, 5.74) is 1.91. The fraction of sp³-hybridized carbons (Fsp3) is 0.208. The maximum Gasteiger partial charge on any atom is 0.264 e. The number of anilines is 1. The first-order valence-electron chi connectivity index (χ1n) is 10.1. The lowest BCUT2D eigenvalue weighted by Crippen LogP contribution is -2.40. The van der Waals surface area contributed by atoms with E-state index in [0.29, 0.717) is 16.5 Å². The predicted octanol–water partition coefficient (Wildman–Crippen LogP) is 4.18. The van der Waals surface area contributed by atoms with Crippen LogP contribution in [0.1, 0.15) is 11.1 Å². The van der Waals surface area contributed by atoms with Gasteiger partial charge in [-0.1, -0.05) is 47.5 Å². The summed E-state index contributed by atoms with van der Waals surface area (Å²) in [6, 6.07) is 18.2. The van der Waals surface area contributed by atoms with E-state index in [1.165, 1.54) is 32.4 Å². The molecule has 0 saturated carbocycles. The second kappa shape index (κ2) is 10.6. The van der Waals surface area contributed by atoms with Gasteiger partial charge in [0, 0.05) is 17.6 Å². The Hall–Kier alpha value is -3.23. The monoisotopic (exact) mass is 488 g/mol. The first-order valence-corrected chi connectivity index (χ1v) is 11.9. The van der Waals surface area contributed by atoms with Gasteiger partial charge in [0.1, 0.15) is 6.54 Å². The van der Waals surface area contributed by atoms with Crippen molar-refractivity contribution < 1.29 is 22.7 Å². The standard InChI is InChI=1S/C24H25ClN2O5S/c1-17-8-11-20(12-9-17)33(29,30)27(19-10-13-22(31-2)23(14-19)32-3)16-24(28)26-15-18-6-4-5-7-21(18)25/h4-14H,15-16H2,1-3H3,(H,26,28). The van der Waals surface area contributed by atoms with Crippen LogP contribution in [0, 0.1) is 6.92 Å². The number of methoxy groups -OCH3 is 2. The predicted molar refractivity (Wildman–Crippen MR) is 129 cm³/mol. The first-order chi connectivity index (χ1) is 15.8. The quantitative estimate of drug-likeness (QED) is 0.488. The molecule has 0 aliphatic rings. The highest BCUT2D eigenvalue weighted by Gasteiger charge is 2.28. The molecule has 33 heavy (non-hydrogen) atoms. The van der Waals surface area contributed by atoms with Crippen molar-refractivity contribution in [3.63, 3.8) is 0 Å². The van der Waals surface area contributed by atoms with Crippen molar-refractivity contribution in [1.82, 2.24) is 5.32 Å². The number of hydrogen-bond acceptors (Lipinski definition) is 5. The van der Waals surface area contributed by atoms with Crippen molar-refractivity contribution >= 4 is 33.2 Å². The van der Waals surface area contributed by atoms with Gasteiger partial charge in [-0.05, 0) is 42.8 Å². The molecule has 7 nitrogen and oxygen atoms in total. The lowest BCUT2D eigenvalue weighted by atomic mass is 10.2. The largest absolute Gasteiger partial charge is 0.493 e. The number of amides is 1. The number of halogens is 1. The Morgan fingerprint density at radius 3 is 2.27 bits per heavy atom. The molecule has 0 aliphatic carbocycles. The van der Waals surface area contributed by atoms with Crippen LogP contribution in [0.15, 0.2) is 71.6 Å². The lowest BCUT2D eigenvalue weighted by molar-refractivity contribution is -0.119. The summed E-state index contributed by atoms with van der Waals surface area (Å²) in [5, 5.41) is 3.25. The Bertz CT molecular complexity index is 1230. The Kier molecular flexibility index (Phi) is 7.84. The van der Waals surface area contributed by atoms with E-state index in [4.69, 9.17) is 21.1 Å². The molecular formula is C24H25ClN2O5S. The second-order valence-corrected chi connectivity index (χ2v) is 9.50. The first kappa shape index (κ1) is 24.4. The summed E-state index contributed by atoms with van der Waals surface area (Å²) in [6.07, 6.45) is 0. The van der Waals surface area contributed by atoms with E-state index in [1.807, 2.05) is 13.0 Å². The molecule has 0 spiro atoms. The van der Waals surface area contributed by atoms with Crippen LogP contribution in [0.2, 0.25) is 5.02 Å². The van der Waals surface area contributed by atoms with Crippen LogP contribution in [-0.4, -0.2) is 35.1 Å². The number of aryl methyl sites for hydroxylation is 1. The molecule has 0 radical (unpaired) electrons. The van der Waals surface area contributed by atoms with Crippen LogP contribution in [0.4, 0.5) is 5.69 Å². The number of nitrogens with one attached hydrogen (secondary N) is 1. The third-order valence-corrected chi connectivity index (χ3v) is 7.14. The zero-order valence-electron chi connectivity index (χ0n) is 18.5. The minimum atomic E-state index is -4.05. The van der Waals surface area contributed by atoms with E-state index in [0.717, 1.165) is 15.4 Å². The van der Waals surface area contributed by atoms with E-state index in [9.17, 15) is 13.2 Å². The van der Waals surface area contributed by atoms with E-state index in [1.54, 1.807) is 42.5 Å². The van der Waals surface area contributed by atoms with Crippen LogP contribution in [0.25, 0.3) is 0 Å². The fourth-order valence-corrected chi connectivity index (χ4v) is 4.77. The van der Waals surface area contributed by atoms with Crippen LogP contribution in [-0.2, 0) is 21.4 Å². The van der Waals surface area contributed by atoms with Gasteiger partial charge >= 0.3 is 0 Å². The zero-order valence-corrected chi connectivity index (χ0v) is 20.1. The molecule has 1 amide bonds. The normalized spacial score (nSPS) is 11.0. The molecule has 0 atom stereocenters. The van der Waals surface area contributed by atoms with Crippen molar-refractivity contribution in [2.24, 2.45) is 0 Å². The number of benzene rings is 3. The molecule has 0 unspecified atom stereocenters. The minimum Gasteiger partial charge on any atom is -0.493 e. The Morgan fingerprint density at radius 2 is 1.64 bits per heavy atom. The molecule has 3 aromatic carbocycles. The molecule has 3 aromatic rings. The summed E-state index contributed by atoms with van der Waals surface area (Å²) in [4.78, 5) is 12.9. The van der Waals surface area contributed by atoms with Crippen LogP contribution < -0.4 is 19.1 Å². The third kappa shape index (κ3) is 5.77. The SMILES string of the molecule is COc1ccc(N(CC(=O)NCc2ccccc2Cl)S(=O)(=O)c2ccc(C)cc2)cc1OC. The number of carbonyl (C=O) groups excluding carboxylic acids is 1. The molecule has 174 valence electrons. The smallest absolute Gasteiger partial charge is 0.264 e. The highest BCUT2D eigenvalue weighted by molar-refractivity contribution is 7.92. The Morgan fingerprint density at radius 1 is 0.970 bits per heavy atom. The van der Waals surface area contributed by atoms with Gasteiger partial charge in [0.05, 0.1) is 24.8 Å². The van der Waals surface area contributed by atoms with Crippen LogP contribution in [0.5, 0.6) is 11.5 Å². The van der Waals surface area contributed by atoms with Gasteiger partial charge < -0.3 is 14.8 Å². The summed E-state index contributed by atoms with van der Waals surface area (Å²) in [5.74, 6) is 0.299. The average molecular weight is 489 g/mol. The van der Waals surface area contributed by atoms with Crippen molar-refractivity contribution in [2.45, 2.75) is 18.4 Å². The van der Waals surface area contributed by atoms with Crippen LogP contribution in [0.3, 0.4) is 0 Å². The number of carbonyl (C=O) groups is 1. The number of sulfonamides is 1. The maximum absolute atomic E-state index is 13.5. The number of rotatable bonds is 9. The molecular weight excluding hydrogens is 464 g/mol. The summed E-state index contributed by atoms with van der Waals surface area (Å²) < 4.78 is 38.6. The highest BCUT2D eigenvalue weighted by atomic mass is 35.5. The van der Waals surface area contributed by atoms with Gasteiger partial charge in [0.2, 0.25) is 5.91 Å². The summed E-state index contributed by atoms with van der Waals surface area (Å²) in [7, 11) is -1.11. The van der Waals surface area contributed by atoms with E-state index in [2.05, 4.69) is 5.32 Å². The van der Waals surface area contributed by atoms with Gasteiger partial charge in [0.25, 0.3) is 10.0 Å². The van der Waals surface area contributed by atoms with Crippen LogP contribution >= 0.6 is 11.6 Å². The molecule has 3 rings (SSSR count). The minimum absolute atomic E-state index is 0.0711. The third-order valence-electron chi connectivity index (χ3n) is 4.99. The topological polar surface area (TPSA) is 84.9 Å². The summed E-state index contributed by atoms with van der Waals surface area (Å²) in [6.45, 7) is 1.60. The zero-order chi connectivity index (χ0) is 24.0. The van der Waals surface area contributed by atoms with Crippen molar-refractivity contribution in [3.05, 3.63) is 82.9 Å². The molecule has 0 fully saturated rings. The Balaban J connectivity index is 1.94. The van der Waals surface area contributed by atoms with E-state index >= 15 is 0 Å². The van der Waals surface area contributed by atoms with Crippen molar-refractivity contribution in [2.75, 3.05) is 25.1 Å². The molecule has 0 aromatic heterocycles. The molecule has 0 heterocycles. The average Bonchev–Trinajstić information content (AvgIpc) is 2.81. The Labute approximate surface area is 198 Å². The molecule has 0 aliphatic heterocycles. The maximum atomic E-state index is 13.5. The molecule has 9 heteroatoms.